The predicted octanol–water partition coefficient (Wildman–Crippen LogP) is 4.56. The molecule has 1 aromatic carbocycles. The van der Waals surface area contributed by atoms with Crippen LogP contribution in [0.5, 0.6) is 0 Å². The lowest BCUT2D eigenvalue weighted by Gasteiger charge is -2.29. The molecule has 4 heterocycles. The Hall–Kier alpha value is -3.20. The monoisotopic (exact) mass is 466 g/mol. The number of rotatable bonds is 0. The first-order valence-electron chi connectivity index (χ1n) is 11.9. The van der Waals surface area contributed by atoms with E-state index in [1.807, 2.05) is 20.8 Å². The van der Waals surface area contributed by atoms with Crippen LogP contribution in [-0.2, 0) is 4.74 Å². The summed E-state index contributed by atoms with van der Waals surface area (Å²) in [4.78, 5) is 22.1. The standard InChI is InChI=1S/C25H31FN6O2/c1-25(2,3)34-24(33)31-12-8-18-5-4-11-30(18)14-10-27-17-6-7-21(26)19(15-17)20-16-28-32-13-9-22(31)29-23(20)32/h6-7,9,13,15-16,18,27H,4-5,8,10-12,14H2,1-3H3. The van der Waals surface area contributed by atoms with Crippen molar-refractivity contribution in [2.45, 2.75) is 51.7 Å². The molecule has 1 unspecified atom stereocenters. The minimum atomic E-state index is -0.630. The first-order valence-corrected chi connectivity index (χ1v) is 11.9. The second-order valence-corrected chi connectivity index (χ2v) is 9.99. The quantitative estimate of drug-likeness (QED) is 0.524. The fourth-order valence-electron chi connectivity index (χ4n) is 4.80. The third kappa shape index (κ3) is 4.57. The number of ether oxygens (including phenoxy) is 1. The van der Waals surface area contributed by atoms with Gasteiger partial charge in [-0.05, 0) is 70.8 Å². The molecule has 2 aliphatic heterocycles. The average Bonchev–Trinajstić information content (AvgIpc) is 3.40. The lowest BCUT2D eigenvalue weighted by molar-refractivity contribution is 0.0576. The van der Waals surface area contributed by atoms with Gasteiger partial charge in [0.05, 0.1) is 6.20 Å². The minimum absolute atomic E-state index is 0.347. The molecule has 1 fully saturated rings. The molecular weight excluding hydrogens is 435 g/mol. The van der Waals surface area contributed by atoms with Crippen molar-refractivity contribution >= 4 is 23.2 Å². The van der Waals surface area contributed by atoms with Crippen LogP contribution in [0.15, 0.2) is 36.7 Å². The van der Waals surface area contributed by atoms with Gasteiger partial charge in [0.2, 0.25) is 0 Å². The Morgan fingerprint density at radius 1 is 1.15 bits per heavy atom. The number of hydrogen-bond donors (Lipinski definition) is 1. The Morgan fingerprint density at radius 3 is 2.82 bits per heavy atom. The molecule has 8 nitrogen and oxygen atoms in total. The summed E-state index contributed by atoms with van der Waals surface area (Å²) in [5.74, 6) is 0.123. The SMILES string of the molecule is CC(C)(C)OC(=O)N1CCC2CCCN2CCNc2ccc(F)c(c2)-c2cnn3ccc1nc23. The van der Waals surface area contributed by atoms with Crippen molar-refractivity contribution in [1.82, 2.24) is 19.5 Å². The maximum absolute atomic E-state index is 14.9. The fourth-order valence-corrected chi connectivity index (χ4v) is 4.80. The van der Waals surface area contributed by atoms with Crippen LogP contribution in [0.25, 0.3) is 16.8 Å². The molecule has 1 saturated heterocycles. The van der Waals surface area contributed by atoms with E-state index in [9.17, 15) is 9.18 Å². The maximum Gasteiger partial charge on any atom is 0.416 e. The predicted molar refractivity (Wildman–Crippen MR) is 130 cm³/mol. The number of amides is 1. The van der Waals surface area contributed by atoms with Crippen LogP contribution in [0.2, 0.25) is 0 Å². The van der Waals surface area contributed by atoms with E-state index in [-0.39, 0.29) is 5.82 Å². The lowest BCUT2D eigenvalue weighted by Crippen LogP contribution is -2.41. The minimum Gasteiger partial charge on any atom is -0.443 e. The summed E-state index contributed by atoms with van der Waals surface area (Å²) < 4.78 is 22.2. The molecule has 2 aliphatic rings. The molecule has 0 spiro atoms. The Morgan fingerprint density at radius 2 is 2.00 bits per heavy atom. The largest absolute Gasteiger partial charge is 0.443 e. The van der Waals surface area contributed by atoms with Gasteiger partial charge in [-0.15, -0.1) is 0 Å². The van der Waals surface area contributed by atoms with Gasteiger partial charge in [0.15, 0.2) is 5.65 Å². The number of fused-ring (bicyclic) bond motifs is 5. The fraction of sp³-hybridized carbons (Fsp3) is 0.480. The van der Waals surface area contributed by atoms with E-state index in [0.29, 0.717) is 35.2 Å². The molecule has 2 aromatic heterocycles. The molecule has 1 amide bonds. The van der Waals surface area contributed by atoms with Crippen LogP contribution in [0, 0.1) is 5.82 Å². The Bertz CT molecular complexity index is 1200. The van der Waals surface area contributed by atoms with Gasteiger partial charge in [-0.2, -0.15) is 5.10 Å². The number of hydrogen-bond acceptors (Lipinski definition) is 6. The zero-order valence-electron chi connectivity index (χ0n) is 19.9. The summed E-state index contributed by atoms with van der Waals surface area (Å²) in [5.41, 5.74) is 1.70. The van der Waals surface area contributed by atoms with E-state index in [1.54, 1.807) is 40.0 Å². The lowest BCUT2D eigenvalue weighted by atomic mass is 10.1. The van der Waals surface area contributed by atoms with E-state index < -0.39 is 11.7 Å². The maximum atomic E-state index is 14.9. The molecule has 9 heteroatoms. The van der Waals surface area contributed by atoms with Crippen LogP contribution in [0.4, 0.5) is 20.7 Å². The van der Waals surface area contributed by atoms with Gasteiger partial charge >= 0.3 is 6.09 Å². The van der Waals surface area contributed by atoms with Crippen molar-refractivity contribution in [3.8, 4) is 11.1 Å². The molecule has 1 atom stereocenters. The highest BCUT2D eigenvalue weighted by atomic mass is 19.1. The zero-order valence-corrected chi connectivity index (χ0v) is 19.9. The Balaban J connectivity index is 1.61. The Kier molecular flexibility index (Phi) is 5.89. The highest BCUT2D eigenvalue weighted by Crippen LogP contribution is 2.31. The van der Waals surface area contributed by atoms with Crippen molar-refractivity contribution in [2.24, 2.45) is 0 Å². The van der Waals surface area contributed by atoms with Gasteiger partial charge in [0, 0.05) is 48.7 Å². The molecular formula is C25H31FN6O2. The summed E-state index contributed by atoms with van der Waals surface area (Å²) in [6.07, 6.45) is 5.98. The van der Waals surface area contributed by atoms with Crippen molar-refractivity contribution in [3.63, 3.8) is 0 Å². The van der Waals surface area contributed by atoms with Gasteiger partial charge in [-0.1, -0.05) is 0 Å². The molecule has 5 rings (SSSR count). The summed E-state index contributed by atoms with van der Waals surface area (Å²) in [6.45, 7) is 8.72. The van der Waals surface area contributed by atoms with E-state index in [1.165, 1.54) is 6.07 Å². The second kappa shape index (κ2) is 8.87. The number of aromatic nitrogens is 3. The molecule has 0 aliphatic carbocycles. The van der Waals surface area contributed by atoms with Crippen molar-refractivity contribution < 1.29 is 13.9 Å². The number of anilines is 2. The highest BCUT2D eigenvalue weighted by molar-refractivity contribution is 5.88. The number of nitrogens with zero attached hydrogens (tertiary/aromatic N) is 5. The number of benzene rings is 1. The topological polar surface area (TPSA) is 75.0 Å². The molecule has 180 valence electrons. The molecule has 0 saturated carbocycles. The van der Waals surface area contributed by atoms with Gasteiger partial charge in [0.1, 0.15) is 17.2 Å². The normalized spacial score (nSPS) is 19.4. The van der Waals surface area contributed by atoms with Crippen LogP contribution in [-0.4, -0.2) is 63.4 Å². The smallest absolute Gasteiger partial charge is 0.416 e. The molecule has 34 heavy (non-hydrogen) atoms. The van der Waals surface area contributed by atoms with E-state index in [0.717, 1.165) is 44.6 Å². The second-order valence-electron chi connectivity index (χ2n) is 9.99. The van der Waals surface area contributed by atoms with Crippen LogP contribution in [0.1, 0.15) is 40.0 Å². The van der Waals surface area contributed by atoms with Crippen molar-refractivity contribution in [3.05, 3.63) is 42.5 Å². The highest BCUT2D eigenvalue weighted by Gasteiger charge is 2.29. The Labute approximate surface area is 198 Å². The zero-order chi connectivity index (χ0) is 23.9. The number of halogens is 1. The number of carbonyl (C=O) groups is 1. The summed E-state index contributed by atoms with van der Waals surface area (Å²) in [5, 5.41) is 7.80. The van der Waals surface area contributed by atoms with Crippen molar-refractivity contribution in [2.75, 3.05) is 36.4 Å². The summed E-state index contributed by atoms with van der Waals surface area (Å²) >= 11 is 0. The van der Waals surface area contributed by atoms with Gasteiger partial charge < -0.3 is 10.1 Å². The van der Waals surface area contributed by atoms with Gasteiger partial charge in [0.25, 0.3) is 0 Å². The summed E-state index contributed by atoms with van der Waals surface area (Å²) in [7, 11) is 0. The van der Waals surface area contributed by atoms with Crippen molar-refractivity contribution in [1.29, 1.82) is 0 Å². The van der Waals surface area contributed by atoms with E-state index in [4.69, 9.17) is 9.72 Å². The third-order valence-electron chi connectivity index (χ3n) is 6.41. The molecule has 1 N–H and O–H groups in total. The van der Waals surface area contributed by atoms with E-state index >= 15 is 0 Å². The molecule has 3 aromatic rings. The molecule has 4 bridgehead atoms. The first kappa shape index (κ1) is 22.6. The number of carbonyl (C=O) groups excluding carboxylic acids is 1. The first-order chi connectivity index (χ1) is 16.3. The average molecular weight is 467 g/mol. The van der Waals surface area contributed by atoms with Crippen LogP contribution in [0.3, 0.4) is 0 Å². The van der Waals surface area contributed by atoms with Gasteiger partial charge in [-0.25, -0.2) is 18.7 Å². The molecule has 0 radical (unpaired) electrons. The van der Waals surface area contributed by atoms with Crippen LogP contribution >= 0.6 is 0 Å². The van der Waals surface area contributed by atoms with E-state index in [2.05, 4.69) is 15.3 Å². The number of nitrogens with one attached hydrogen (secondary N) is 1. The van der Waals surface area contributed by atoms with Gasteiger partial charge in [-0.3, -0.25) is 9.80 Å². The third-order valence-corrected chi connectivity index (χ3v) is 6.41. The van der Waals surface area contributed by atoms with Crippen LogP contribution < -0.4 is 10.2 Å². The summed E-state index contributed by atoms with van der Waals surface area (Å²) in [6, 6.07) is 7.16.